The lowest BCUT2D eigenvalue weighted by Crippen LogP contribution is -2.09. The molecule has 0 amide bonds. The molecule has 76 valence electrons. The van der Waals surface area contributed by atoms with E-state index < -0.39 is 0 Å². The summed E-state index contributed by atoms with van der Waals surface area (Å²) in [4.78, 5) is 14.3. The van der Waals surface area contributed by atoms with E-state index in [4.69, 9.17) is 0 Å². The highest BCUT2D eigenvalue weighted by Gasteiger charge is 2.08. The van der Waals surface area contributed by atoms with E-state index in [0.29, 0.717) is 11.3 Å². The molecule has 3 nitrogen and oxygen atoms in total. The Morgan fingerprint density at radius 1 is 1.20 bits per heavy atom. The Balaban J connectivity index is 2.69. The van der Waals surface area contributed by atoms with Crippen molar-refractivity contribution in [3.05, 3.63) is 52.4 Å². The minimum Gasteiger partial charge on any atom is -0.507 e. The average molecular weight is 201 g/mol. The van der Waals surface area contributed by atoms with Crippen molar-refractivity contribution >= 4 is 0 Å². The van der Waals surface area contributed by atoms with E-state index in [-0.39, 0.29) is 11.3 Å². The molecule has 1 heterocycles. The highest BCUT2D eigenvalue weighted by molar-refractivity contribution is 5.68. The van der Waals surface area contributed by atoms with Crippen LogP contribution in [0.25, 0.3) is 11.1 Å². The van der Waals surface area contributed by atoms with Crippen LogP contribution < -0.4 is 5.56 Å². The van der Waals surface area contributed by atoms with Crippen molar-refractivity contribution in [3.63, 3.8) is 0 Å². The summed E-state index contributed by atoms with van der Waals surface area (Å²) < 4.78 is 0. The molecular formula is C12H11NO2. The summed E-state index contributed by atoms with van der Waals surface area (Å²) in [6.07, 6.45) is 0. The predicted octanol–water partition coefficient (Wildman–Crippen LogP) is 2.06. The van der Waals surface area contributed by atoms with Gasteiger partial charge in [-0.1, -0.05) is 30.3 Å². The molecule has 0 aliphatic heterocycles. The summed E-state index contributed by atoms with van der Waals surface area (Å²) in [6, 6.07) is 10.6. The maximum Gasteiger partial charge on any atom is 0.259 e. The van der Waals surface area contributed by atoms with Crippen LogP contribution in [-0.2, 0) is 0 Å². The van der Waals surface area contributed by atoms with Crippen LogP contribution in [0, 0.1) is 6.92 Å². The number of aromatic nitrogens is 1. The number of nitrogens with one attached hydrogen (secondary N) is 1. The maximum atomic E-state index is 11.6. The first-order valence-electron chi connectivity index (χ1n) is 4.67. The Hall–Kier alpha value is -2.03. The van der Waals surface area contributed by atoms with Gasteiger partial charge in [-0.25, -0.2) is 0 Å². The summed E-state index contributed by atoms with van der Waals surface area (Å²) in [5.41, 5.74) is 1.42. The molecule has 0 fully saturated rings. The Morgan fingerprint density at radius 2 is 1.87 bits per heavy atom. The van der Waals surface area contributed by atoms with Crippen LogP contribution in [0.2, 0.25) is 0 Å². The van der Waals surface area contributed by atoms with Crippen LogP contribution in [-0.4, -0.2) is 10.1 Å². The van der Waals surface area contributed by atoms with Gasteiger partial charge in [-0.15, -0.1) is 0 Å². The van der Waals surface area contributed by atoms with Crippen LogP contribution in [0.3, 0.4) is 0 Å². The number of aromatic amines is 1. The van der Waals surface area contributed by atoms with Gasteiger partial charge in [0.25, 0.3) is 5.56 Å². The smallest absolute Gasteiger partial charge is 0.259 e. The van der Waals surface area contributed by atoms with E-state index in [0.717, 1.165) is 5.56 Å². The van der Waals surface area contributed by atoms with Crippen molar-refractivity contribution in [2.45, 2.75) is 6.92 Å². The van der Waals surface area contributed by atoms with E-state index in [1.54, 1.807) is 25.1 Å². The van der Waals surface area contributed by atoms with E-state index >= 15 is 0 Å². The van der Waals surface area contributed by atoms with Crippen molar-refractivity contribution < 1.29 is 5.11 Å². The first-order chi connectivity index (χ1) is 7.18. The zero-order valence-electron chi connectivity index (χ0n) is 8.32. The molecule has 0 aliphatic carbocycles. The first kappa shape index (κ1) is 9.52. The molecule has 0 atom stereocenters. The van der Waals surface area contributed by atoms with Gasteiger partial charge in [-0.05, 0) is 18.6 Å². The summed E-state index contributed by atoms with van der Waals surface area (Å²) in [5, 5.41) is 9.71. The maximum absolute atomic E-state index is 11.6. The molecule has 0 saturated carbocycles. The number of hydrogen-bond acceptors (Lipinski definition) is 2. The van der Waals surface area contributed by atoms with E-state index in [2.05, 4.69) is 4.98 Å². The van der Waals surface area contributed by atoms with Gasteiger partial charge in [-0.2, -0.15) is 0 Å². The lowest BCUT2D eigenvalue weighted by molar-refractivity contribution is 0.475. The quantitative estimate of drug-likeness (QED) is 0.742. The second-order valence-electron chi connectivity index (χ2n) is 3.41. The molecule has 2 aromatic rings. The van der Waals surface area contributed by atoms with Crippen molar-refractivity contribution in [3.8, 4) is 16.9 Å². The Bertz CT molecular complexity index is 529. The van der Waals surface area contributed by atoms with Gasteiger partial charge in [-0.3, -0.25) is 4.79 Å². The Labute approximate surface area is 87.0 Å². The molecule has 0 radical (unpaired) electrons. The number of rotatable bonds is 1. The zero-order chi connectivity index (χ0) is 10.8. The topological polar surface area (TPSA) is 53.1 Å². The summed E-state index contributed by atoms with van der Waals surface area (Å²) in [6.45, 7) is 1.73. The molecule has 0 unspecified atom stereocenters. The van der Waals surface area contributed by atoms with Crippen LogP contribution >= 0.6 is 0 Å². The summed E-state index contributed by atoms with van der Waals surface area (Å²) in [5.74, 6) is 0.0162. The van der Waals surface area contributed by atoms with Gasteiger partial charge >= 0.3 is 0 Å². The minimum absolute atomic E-state index is 0.0162. The number of benzene rings is 1. The third-order valence-electron chi connectivity index (χ3n) is 2.21. The second-order valence-corrected chi connectivity index (χ2v) is 3.41. The van der Waals surface area contributed by atoms with Crippen molar-refractivity contribution in [1.29, 1.82) is 0 Å². The number of aryl methyl sites for hydroxylation is 1. The van der Waals surface area contributed by atoms with Gasteiger partial charge < -0.3 is 10.1 Å². The molecule has 0 bridgehead atoms. The molecule has 1 aromatic heterocycles. The molecule has 0 spiro atoms. The number of H-pyrrole nitrogens is 1. The number of hydrogen-bond donors (Lipinski definition) is 2. The van der Waals surface area contributed by atoms with Crippen LogP contribution in [0.4, 0.5) is 0 Å². The van der Waals surface area contributed by atoms with Gasteiger partial charge in [0.1, 0.15) is 5.75 Å². The fourth-order valence-electron chi connectivity index (χ4n) is 1.56. The first-order valence-corrected chi connectivity index (χ1v) is 4.67. The van der Waals surface area contributed by atoms with Crippen molar-refractivity contribution in [2.75, 3.05) is 0 Å². The van der Waals surface area contributed by atoms with E-state index in [9.17, 15) is 9.90 Å². The molecule has 0 saturated heterocycles. The molecule has 2 N–H and O–H groups in total. The van der Waals surface area contributed by atoms with E-state index in [1.807, 2.05) is 18.2 Å². The molecule has 1 aromatic carbocycles. The lowest BCUT2D eigenvalue weighted by atomic mass is 10.1. The average Bonchev–Trinajstić information content (AvgIpc) is 2.17. The molecule has 0 aliphatic rings. The standard InChI is InChI=1S/C12H11NO2/c1-8-7-10(14)11(12(15)13-8)9-5-3-2-4-6-9/h2-7H,1H3,(H2,13,14,15). The highest BCUT2D eigenvalue weighted by Crippen LogP contribution is 2.24. The molecule has 2 rings (SSSR count). The van der Waals surface area contributed by atoms with Crippen molar-refractivity contribution in [1.82, 2.24) is 4.98 Å². The third kappa shape index (κ3) is 1.76. The third-order valence-corrected chi connectivity index (χ3v) is 2.21. The molecule has 15 heavy (non-hydrogen) atoms. The van der Waals surface area contributed by atoms with Gasteiger partial charge in [0, 0.05) is 5.69 Å². The van der Waals surface area contributed by atoms with Gasteiger partial charge in [0.2, 0.25) is 0 Å². The monoisotopic (exact) mass is 201 g/mol. The van der Waals surface area contributed by atoms with Crippen molar-refractivity contribution in [2.24, 2.45) is 0 Å². The van der Waals surface area contributed by atoms with Gasteiger partial charge in [0.05, 0.1) is 5.56 Å². The number of aromatic hydroxyl groups is 1. The lowest BCUT2D eigenvalue weighted by Gasteiger charge is -2.04. The molecular weight excluding hydrogens is 190 g/mol. The van der Waals surface area contributed by atoms with Crippen LogP contribution in [0.5, 0.6) is 5.75 Å². The Morgan fingerprint density at radius 3 is 2.47 bits per heavy atom. The van der Waals surface area contributed by atoms with Crippen LogP contribution in [0.15, 0.2) is 41.2 Å². The predicted molar refractivity (Wildman–Crippen MR) is 58.9 cm³/mol. The van der Waals surface area contributed by atoms with Crippen LogP contribution in [0.1, 0.15) is 5.69 Å². The Kier molecular flexibility index (Phi) is 2.29. The largest absolute Gasteiger partial charge is 0.507 e. The fraction of sp³-hybridized carbons (Fsp3) is 0.0833. The highest BCUT2D eigenvalue weighted by atomic mass is 16.3. The summed E-state index contributed by atoms with van der Waals surface area (Å²) >= 11 is 0. The normalized spacial score (nSPS) is 10.2. The number of pyridine rings is 1. The second kappa shape index (κ2) is 3.61. The fourth-order valence-corrected chi connectivity index (χ4v) is 1.56. The minimum atomic E-state index is -0.265. The zero-order valence-corrected chi connectivity index (χ0v) is 8.32. The van der Waals surface area contributed by atoms with Gasteiger partial charge in [0.15, 0.2) is 0 Å². The summed E-state index contributed by atoms with van der Waals surface area (Å²) in [7, 11) is 0. The SMILES string of the molecule is Cc1cc(O)c(-c2ccccc2)c(=O)[nH]1. The van der Waals surface area contributed by atoms with E-state index in [1.165, 1.54) is 0 Å². The molecule has 3 heteroatoms.